The number of benzene rings is 2. The van der Waals surface area contributed by atoms with Crippen molar-refractivity contribution >= 4 is 23.2 Å². The van der Waals surface area contributed by atoms with Crippen LogP contribution < -0.4 is 9.47 Å². The van der Waals surface area contributed by atoms with Gasteiger partial charge in [0.25, 0.3) is 5.91 Å². The summed E-state index contributed by atoms with van der Waals surface area (Å²) in [6.45, 7) is 4.37. The molecule has 1 atom stereocenters. The Morgan fingerprint density at radius 2 is 1.77 bits per heavy atom. The second kappa shape index (κ2) is 13.8. The van der Waals surface area contributed by atoms with Gasteiger partial charge < -0.3 is 24.0 Å². The Hall–Kier alpha value is -3.36. The number of fused-ring (bicyclic) bond motifs is 1. The second-order valence-corrected chi connectivity index (χ2v) is 11.5. The summed E-state index contributed by atoms with van der Waals surface area (Å²) in [7, 11) is 0. The minimum atomic E-state index is -0.136. The predicted molar refractivity (Wildman–Crippen MR) is 156 cm³/mol. The molecule has 1 fully saturated rings. The van der Waals surface area contributed by atoms with E-state index in [2.05, 4.69) is 6.92 Å². The van der Waals surface area contributed by atoms with E-state index < -0.39 is 0 Å². The van der Waals surface area contributed by atoms with Gasteiger partial charge in [0.05, 0.1) is 12.6 Å². The van der Waals surface area contributed by atoms with Crippen molar-refractivity contribution in [2.24, 2.45) is 0 Å². The first-order chi connectivity index (χ1) is 19.6. The molecule has 7 nitrogen and oxygen atoms in total. The first-order valence-electron chi connectivity index (χ1n) is 14.3. The summed E-state index contributed by atoms with van der Waals surface area (Å²) in [5, 5.41) is 2.01. The smallest absolute Gasteiger partial charge is 0.254 e. The molecule has 40 heavy (non-hydrogen) atoms. The molecule has 2 aliphatic heterocycles. The molecule has 0 spiro atoms. The molecule has 3 aromatic rings. The first-order valence-corrected chi connectivity index (χ1v) is 15.2. The molecule has 8 heteroatoms. The van der Waals surface area contributed by atoms with Gasteiger partial charge in [-0.25, -0.2) is 0 Å². The minimum absolute atomic E-state index is 0.00707. The summed E-state index contributed by atoms with van der Waals surface area (Å²) in [6, 6.07) is 17.7. The number of carbonyl (C=O) groups excluding carboxylic acids is 2. The van der Waals surface area contributed by atoms with E-state index >= 15 is 0 Å². The van der Waals surface area contributed by atoms with Crippen molar-refractivity contribution in [1.82, 2.24) is 9.80 Å². The van der Waals surface area contributed by atoms with E-state index in [1.807, 2.05) is 64.9 Å². The standard InChI is InChI=1S/C32H38N2O5S/c1-2-3-4-7-24-10-13-26(14-11-24)32(36)34(20-27-8-5-16-37-27)22-31(35)33(21-28-9-6-17-40-28)19-25-12-15-29-30(18-25)39-23-38-29/h6,9-15,17-18,27H,2-5,7-8,16,19-23H2,1H3. The van der Waals surface area contributed by atoms with Gasteiger partial charge in [-0.3, -0.25) is 9.59 Å². The zero-order chi connectivity index (χ0) is 27.7. The Balaban J connectivity index is 1.32. The van der Waals surface area contributed by atoms with Gasteiger partial charge in [-0.05, 0) is 72.5 Å². The summed E-state index contributed by atoms with van der Waals surface area (Å²) >= 11 is 1.62. The lowest BCUT2D eigenvalue weighted by atomic mass is 10.0. The fourth-order valence-electron chi connectivity index (χ4n) is 5.17. The van der Waals surface area contributed by atoms with E-state index in [0.29, 0.717) is 43.3 Å². The molecular formula is C32H38N2O5S. The van der Waals surface area contributed by atoms with Crippen molar-refractivity contribution in [1.29, 1.82) is 0 Å². The molecule has 2 aliphatic rings. The highest BCUT2D eigenvalue weighted by Crippen LogP contribution is 2.33. The number of carbonyl (C=O) groups is 2. The summed E-state index contributed by atoms with van der Waals surface area (Å²) in [6.07, 6.45) is 6.36. The van der Waals surface area contributed by atoms with Crippen LogP contribution in [0.5, 0.6) is 11.5 Å². The van der Waals surface area contributed by atoms with Crippen molar-refractivity contribution in [2.75, 3.05) is 26.5 Å². The Kier molecular flexibility index (Phi) is 9.73. The maximum atomic E-state index is 13.9. The lowest BCUT2D eigenvalue weighted by Gasteiger charge is -2.29. The van der Waals surface area contributed by atoms with Crippen LogP contribution in [0.25, 0.3) is 0 Å². The van der Waals surface area contributed by atoms with Gasteiger partial charge in [0, 0.05) is 30.1 Å². The molecule has 0 N–H and O–H groups in total. The number of amides is 2. The van der Waals surface area contributed by atoms with Crippen molar-refractivity contribution in [2.45, 2.75) is 64.6 Å². The van der Waals surface area contributed by atoms with Gasteiger partial charge in [0.15, 0.2) is 11.5 Å². The molecule has 2 aromatic carbocycles. The van der Waals surface area contributed by atoms with E-state index in [4.69, 9.17) is 14.2 Å². The van der Waals surface area contributed by atoms with E-state index in [-0.39, 0.29) is 31.3 Å². The number of thiophene rings is 1. The van der Waals surface area contributed by atoms with Gasteiger partial charge in [0.1, 0.15) is 6.54 Å². The van der Waals surface area contributed by atoms with Gasteiger partial charge in [-0.2, -0.15) is 0 Å². The number of hydrogen-bond acceptors (Lipinski definition) is 6. The molecular weight excluding hydrogens is 524 g/mol. The molecule has 5 rings (SSSR count). The lowest BCUT2D eigenvalue weighted by Crippen LogP contribution is -2.45. The van der Waals surface area contributed by atoms with E-state index in [0.717, 1.165) is 36.1 Å². The van der Waals surface area contributed by atoms with Crippen LogP contribution in [0, 0.1) is 0 Å². The van der Waals surface area contributed by atoms with E-state index in [1.165, 1.54) is 18.4 Å². The molecule has 3 heterocycles. The van der Waals surface area contributed by atoms with Crippen molar-refractivity contribution < 1.29 is 23.8 Å². The van der Waals surface area contributed by atoms with E-state index in [1.54, 1.807) is 16.2 Å². The maximum Gasteiger partial charge on any atom is 0.254 e. The molecule has 212 valence electrons. The van der Waals surface area contributed by atoms with Crippen LogP contribution in [0.15, 0.2) is 60.0 Å². The fourth-order valence-corrected chi connectivity index (χ4v) is 5.89. The summed E-state index contributed by atoms with van der Waals surface area (Å²) in [5.74, 6) is 1.16. The molecule has 0 saturated carbocycles. The molecule has 1 unspecified atom stereocenters. The van der Waals surface area contributed by atoms with Gasteiger partial charge >= 0.3 is 0 Å². The van der Waals surface area contributed by atoms with Crippen molar-refractivity contribution in [3.8, 4) is 11.5 Å². The van der Waals surface area contributed by atoms with Crippen molar-refractivity contribution in [3.05, 3.63) is 81.5 Å². The van der Waals surface area contributed by atoms with Crippen LogP contribution in [0.3, 0.4) is 0 Å². The predicted octanol–water partition coefficient (Wildman–Crippen LogP) is 6.06. The highest BCUT2D eigenvalue weighted by Gasteiger charge is 2.28. The van der Waals surface area contributed by atoms with Crippen LogP contribution in [-0.4, -0.2) is 54.2 Å². The van der Waals surface area contributed by atoms with Crippen LogP contribution >= 0.6 is 11.3 Å². The Morgan fingerprint density at radius 3 is 2.52 bits per heavy atom. The molecule has 1 saturated heterocycles. The zero-order valence-corrected chi connectivity index (χ0v) is 24.0. The first kappa shape index (κ1) is 28.2. The topological polar surface area (TPSA) is 68.3 Å². The van der Waals surface area contributed by atoms with Gasteiger partial charge in [-0.1, -0.05) is 44.0 Å². The van der Waals surface area contributed by atoms with Gasteiger partial charge in [-0.15, -0.1) is 11.3 Å². The molecule has 1 aromatic heterocycles. The second-order valence-electron chi connectivity index (χ2n) is 10.5. The third kappa shape index (κ3) is 7.43. The largest absolute Gasteiger partial charge is 0.454 e. The van der Waals surface area contributed by atoms with Crippen LogP contribution in [0.2, 0.25) is 0 Å². The fraction of sp³-hybridized carbons (Fsp3) is 0.438. The van der Waals surface area contributed by atoms with Crippen LogP contribution in [0.4, 0.5) is 0 Å². The number of aryl methyl sites for hydroxylation is 1. The maximum absolute atomic E-state index is 13.9. The number of unbranched alkanes of at least 4 members (excludes halogenated alkanes) is 2. The van der Waals surface area contributed by atoms with Crippen LogP contribution in [-0.2, 0) is 29.0 Å². The monoisotopic (exact) mass is 562 g/mol. The average Bonchev–Trinajstić information content (AvgIpc) is 3.76. The Labute approximate surface area is 240 Å². The number of nitrogens with zero attached hydrogens (tertiary/aromatic N) is 2. The van der Waals surface area contributed by atoms with Gasteiger partial charge in [0.2, 0.25) is 12.7 Å². The third-order valence-electron chi connectivity index (χ3n) is 7.42. The minimum Gasteiger partial charge on any atom is -0.454 e. The Morgan fingerprint density at radius 1 is 0.950 bits per heavy atom. The molecule has 2 amide bonds. The van der Waals surface area contributed by atoms with E-state index in [9.17, 15) is 9.59 Å². The molecule has 0 radical (unpaired) electrons. The van der Waals surface area contributed by atoms with Crippen LogP contribution in [0.1, 0.15) is 65.4 Å². The normalized spacial score (nSPS) is 15.8. The highest BCUT2D eigenvalue weighted by atomic mass is 32.1. The highest BCUT2D eigenvalue weighted by molar-refractivity contribution is 7.09. The SMILES string of the molecule is CCCCCc1ccc(C(=O)N(CC(=O)N(Cc2ccc3c(c2)OCO3)Cc2cccs2)CC2CCCO2)cc1. The number of ether oxygens (including phenoxy) is 3. The summed E-state index contributed by atoms with van der Waals surface area (Å²) < 4.78 is 16.9. The zero-order valence-electron chi connectivity index (χ0n) is 23.2. The average molecular weight is 563 g/mol. The summed E-state index contributed by atoms with van der Waals surface area (Å²) in [5.41, 5.74) is 2.79. The quantitative estimate of drug-likeness (QED) is 0.237. The molecule has 0 bridgehead atoms. The third-order valence-corrected chi connectivity index (χ3v) is 8.28. The summed E-state index contributed by atoms with van der Waals surface area (Å²) in [4.78, 5) is 32.2. The molecule has 0 aliphatic carbocycles. The lowest BCUT2D eigenvalue weighted by molar-refractivity contribution is -0.133. The Bertz CT molecular complexity index is 1250. The van der Waals surface area contributed by atoms with Crippen molar-refractivity contribution in [3.63, 3.8) is 0 Å². The number of rotatable bonds is 13. The number of hydrogen-bond donors (Lipinski definition) is 0.